The molecule has 0 aliphatic carbocycles. The number of rotatable bonds is 37. The molecule has 2 aromatic rings. The number of benzene rings is 1. The molecule has 1 heterocycles. The number of amides is 2. The molecule has 1 aromatic carbocycles. The van der Waals surface area contributed by atoms with Gasteiger partial charge < -0.3 is 44.5 Å². The van der Waals surface area contributed by atoms with E-state index in [1.54, 1.807) is 12.1 Å². The molecule has 0 fully saturated rings. The number of sulfonamides is 1. The van der Waals surface area contributed by atoms with Crippen molar-refractivity contribution in [1.29, 1.82) is 0 Å². The Balaban J connectivity index is 1.49. The second-order valence-corrected chi connectivity index (χ2v) is 15.1. The minimum atomic E-state index is -3.92. The van der Waals surface area contributed by atoms with Crippen LogP contribution < -0.4 is 20.1 Å². The summed E-state index contributed by atoms with van der Waals surface area (Å²) in [5.41, 5.74) is 0.238. The number of hydrogen-bond donors (Lipinski definition) is 5. The van der Waals surface area contributed by atoms with Crippen LogP contribution in [0.15, 0.2) is 47.5 Å². The average Bonchev–Trinajstić information content (AvgIpc) is 3.19. The molecule has 0 spiro atoms. The summed E-state index contributed by atoms with van der Waals surface area (Å²) in [5.74, 6) is -1.84. The van der Waals surface area contributed by atoms with Crippen LogP contribution in [0.2, 0.25) is 0 Å². The average molecular weight is 839 g/mol. The lowest BCUT2D eigenvalue weighted by Crippen LogP contribution is -2.31. The Morgan fingerprint density at radius 3 is 1.66 bits per heavy atom. The van der Waals surface area contributed by atoms with E-state index in [2.05, 4.69) is 20.3 Å². The first kappa shape index (κ1) is 49.8. The van der Waals surface area contributed by atoms with E-state index in [4.69, 9.17) is 33.9 Å². The molecule has 58 heavy (non-hydrogen) atoms. The summed E-state index contributed by atoms with van der Waals surface area (Å²) in [7, 11) is -3.92. The van der Waals surface area contributed by atoms with E-state index in [1.807, 2.05) is 0 Å². The molecule has 1 aromatic heterocycles. The second kappa shape index (κ2) is 31.6. The Morgan fingerprint density at radius 2 is 1.10 bits per heavy atom. The number of ether oxygens (including phenoxy) is 5. The zero-order valence-corrected chi connectivity index (χ0v) is 34.3. The highest BCUT2D eigenvalue weighted by Gasteiger charge is 2.16. The second-order valence-electron chi connectivity index (χ2n) is 13.4. The van der Waals surface area contributed by atoms with Gasteiger partial charge >= 0.3 is 11.9 Å². The van der Waals surface area contributed by atoms with Crippen molar-refractivity contribution in [1.82, 2.24) is 15.6 Å². The number of hydrogen-bond acceptors (Lipinski definition) is 12. The fraction of sp³-hybridized carbons (Fsp3) is 0.625. The quantitative estimate of drug-likeness (QED) is 0.0575. The maximum absolute atomic E-state index is 12.9. The van der Waals surface area contributed by atoms with Crippen LogP contribution >= 0.6 is 0 Å². The third kappa shape index (κ3) is 25.8. The van der Waals surface area contributed by atoms with Gasteiger partial charge in [-0.15, -0.1) is 0 Å². The van der Waals surface area contributed by atoms with E-state index < -0.39 is 27.9 Å². The molecular formula is C40H62N4O13S. The molecule has 0 atom stereocenters. The van der Waals surface area contributed by atoms with Crippen molar-refractivity contribution in [2.75, 3.05) is 77.3 Å². The van der Waals surface area contributed by atoms with Gasteiger partial charge in [-0.2, -0.15) is 0 Å². The molecule has 17 nitrogen and oxygen atoms in total. The maximum Gasteiger partial charge on any atom is 0.329 e. The van der Waals surface area contributed by atoms with Crippen molar-refractivity contribution in [3.8, 4) is 5.75 Å². The van der Waals surface area contributed by atoms with Crippen LogP contribution in [0, 0.1) is 0 Å². The Morgan fingerprint density at radius 1 is 0.569 bits per heavy atom. The third-order valence-corrected chi connectivity index (χ3v) is 9.88. The van der Waals surface area contributed by atoms with E-state index in [0.29, 0.717) is 12.4 Å². The number of carbonyl (C=O) groups excluding carboxylic acids is 2. The van der Waals surface area contributed by atoms with Gasteiger partial charge in [0.25, 0.3) is 15.9 Å². The van der Waals surface area contributed by atoms with Gasteiger partial charge in [0.05, 0.1) is 56.7 Å². The van der Waals surface area contributed by atoms with E-state index in [9.17, 15) is 27.6 Å². The van der Waals surface area contributed by atoms with Crippen molar-refractivity contribution in [2.45, 2.75) is 94.8 Å². The predicted molar refractivity (Wildman–Crippen MR) is 216 cm³/mol. The zero-order valence-electron chi connectivity index (χ0n) is 33.5. The van der Waals surface area contributed by atoms with Crippen LogP contribution in [0.3, 0.4) is 0 Å². The van der Waals surface area contributed by atoms with Crippen LogP contribution in [0.1, 0.15) is 100 Å². The molecular weight excluding hydrogens is 777 g/mol. The molecule has 0 bridgehead atoms. The summed E-state index contributed by atoms with van der Waals surface area (Å²) in [4.78, 5) is 49.2. The number of carboxylic acid groups (broad SMARTS) is 2. The van der Waals surface area contributed by atoms with E-state index in [0.717, 1.165) is 38.5 Å². The number of aromatic nitrogens is 1. The zero-order chi connectivity index (χ0) is 42.1. The highest BCUT2D eigenvalue weighted by atomic mass is 32.2. The first-order valence-corrected chi connectivity index (χ1v) is 21.6. The molecule has 0 radical (unpaired) electrons. The molecule has 18 heteroatoms. The van der Waals surface area contributed by atoms with Crippen LogP contribution in [-0.4, -0.2) is 120 Å². The standard InChI is InChI=1S/C40H62N4O13S/c45-37(41-21-24-53-27-29-56-32-39(48)49)31-55-28-26-54-25-22-42-40(50)33-15-20-36(43-30-33)44-58(51,52)35-18-16-34(17-19-35)57-23-13-11-9-7-5-3-1-2-4-6-8-10-12-14-38(46)47/h15-20,30H,1-14,21-29,31-32H2,(H,41,45)(H,42,50)(H,43,44)(H,46,47)(H,48,49). The topological polar surface area (TPSA) is 238 Å². The molecule has 5 N–H and O–H groups in total. The Labute approximate surface area is 342 Å². The van der Waals surface area contributed by atoms with Gasteiger partial charge in [-0.05, 0) is 49.2 Å². The Bertz CT molecular complexity index is 1540. The summed E-state index contributed by atoms with van der Waals surface area (Å²) in [6, 6.07) is 9.04. The summed E-state index contributed by atoms with van der Waals surface area (Å²) in [5, 5.41) is 22.4. The van der Waals surface area contributed by atoms with E-state index in [1.165, 1.54) is 75.4 Å². The lowest BCUT2D eigenvalue weighted by Gasteiger charge is -2.10. The lowest BCUT2D eigenvalue weighted by molar-refractivity contribution is -0.143. The predicted octanol–water partition coefficient (Wildman–Crippen LogP) is 4.80. The monoisotopic (exact) mass is 838 g/mol. The lowest BCUT2D eigenvalue weighted by atomic mass is 10.0. The third-order valence-electron chi connectivity index (χ3n) is 8.51. The van der Waals surface area contributed by atoms with Gasteiger partial charge in [0.15, 0.2) is 0 Å². The smallest absolute Gasteiger partial charge is 0.329 e. The molecule has 0 aliphatic heterocycles. The minimum absolute atomic E-state index is 0.0499. The molecule has 2 amide bonds. The molecule has 0 aliphatic rings. The molecule has 2 rings (SSSR count). The normalized spacial score (nSPS) is 11.2. The van der Waals surface area contributed by atoms with E-state index in [-0.39, 0.29) is 94.5 Å². The highest BCUT2D eigenvalue weighted by Crippen LogP contribution is 2.19. The molecule has 326 valence electrons. The Hall–Kier alpha value is -4.36. The van der Waals surface area contributed by atoms with Gasteiger partial charge in [0, 0.05) is 25.7 Å². The number of carbonyl (C=O) groups is 4. The summed E-state index contributed by atoms with van der Waals surface area (Å²) >= 11 is 0. The van der Waals surface area contributed by atoms with Crippen LogP contribution in [-0.2, 0) is 43.4 Å². The highest BCUT2D eigenvalue weighted by molar-refractivity contribution is 7.92. The van der Waals surface area contributed by atoms with Crippen molar-refractivity contribution >= 4 is 39.6 Å². The number of carboxylic acids is 2. The van der Waals surface area contributed by atoms with E-state index >= 15 is 0 Å². The van der Waals surface area contributed by atoms with Gasteiger partial charge in [-0.1, -0.05) is 70.6 Å². The molecule has 0 saturated carbocycles. The summed E-state index contributed by atoms with van der Waals surface area (Å²) in [6.45, 7) is 1.67. The van der Waals surface area contributed by atoms with Gasteiger partial charge in [0.1, 0.15) is 24.8 Å². The SMILES string of the molecule is O=C(O)CCCCCCCCCCCCCCCOc1ccc(S(=O)(=O)Nc2ccc(C(=O)NCCOCCOCC(=O)NCCOCCOCC(=O)O)cn2)cc1. The number of pyridine rings is 1. The first-order valence-electron chi connectivity index (χ1n) is 20.1. The molecule has 0 unspecified atom stereocenters. The Kier molecular flexibility index (Phi) is 27.1. The minimum Gasteiger partial charge on any atom is -0.494 e. The van der Waals surface area contributed by atoms with Gasteiger partial charge in [0.2, 0.25) is 5.91 Å². The van der Waals surface area contributed by atoms with Gasteiger partial charge in [-0.25, -0.2) is 18.2 Å². The van der Waals surface area contributed by atoms with Crippen LogP contribution in [0.4, 0.5) is 5.82 Å². The number of nitrogens with zero attached hydrogens (tertiary/aromatic N) is 1. The van der Waals surface area contributed by atoms with Crippen molar-refractivity contribution < 1.29 is 61.5 Å². The summed E-state index contributed by atoms with van der Waals surface area (Å²) < 4.78 is 54.7. The fourth-order valence-corrected chi connectivity index (χ4v) is 6.44. The number of unbranched alkanes of at least 4 members (excludes halogenated alkanes) is 12. The first-order chi connectivity index (χ1) is 28.1. The number of anilines is 1. The summed E-state index contributed by atoms with van der Waals surface area (Å²) in [6.07, 6.45) is 16.2. The van der Waals surface area contributed by atoms with Crippen molar-refractivity contribution in [3.05, 3.63) is 48.2 Å². The van der Waals surface area contributed by atoms with Crippen molar-refractivity contribution in [3.63, 3.8) is 0 Å². The number of aliphatic carboxylic acids is 2. The molecule has 0 saturated heterocycles. The van der Waals surface area contributed by atoms with Crippen LogP contribution in [0.25, 0.3) is 0 Å². The number of nitrogens with one attached hydrogen (secondary N) is 3. The largest absolute Gasteiger partial charge is 0.494 e. The van der Waals surface area contributed by atoms with Gasteiger partial charge in [-0.3, -0.25) is 19.1 Å². The van der Waals surface area contributed by atoms with Crippen LogP contribution in [0.5, 0.6) is 5.75 Å². The maximum atomic E-state index is 12.9. The van der Waals surface area contributed by atoms with Crippen molar-refractivity contribution in [2.24, 2.45) is 0 Å². The fourth-order valence-electron chi connectivity index (χ4n) is 5.43.